The predicted molar refractivity (Wildman–Crippen MR) is 86.3 cm³/mol. The van der Waals surface area contributed by atoms with Crippen LogP contribution in [0, 0.1) is 5.92 Å². The van der Waals surface area contributed by atoms with Gasteiger partial charge in [0, 0.05) is 28.7 Å². The van der Waals surface area contributed by atoms with Gasteiger partial charge >= 0.3 is 5.97 Å². The minimum absolute atomic E-state index is 0.130. The molecule has 1 saturated carbocycles. The fraction of sp³-hybridized carbons (Fsp3) is 0.643. The van der Waals surface area contributed by atoms with Crippen molar-refractivity contribution in [3.05, 3.63) is 12.2 Å². The molecule has 2 amide bonds. The molecule has 126 valence electrons. The number of rotatable bonds is 4. The van der Waals surface area contributed by atoms with E-state index < -0.39 is 24.1 Å². The quantitative estimate of drug-likeness (QED) is 0.380. The van der Waals surface area contributed by atoms with E-state index in [1.54, 1.807) is 21.6 Å². The van der Waals surface area contributed by atoms with Gasteiger partial charge in [-0.05, 0) is 25.7 Å². The third kappa shape index (κ3) is 3.57. The monoisotopic (exact) mass is 358 g/mol. The van der Waals surface area contributed by atoms with E-state index in [0.29, 0.717) is 29.8 Å². The third-order valence-electron chi connectivity index (χ3n) is 4.44. The highest BCUT2D eigenvalue weighted by molar-refractivity contribution is 8.80. The molecule has 23 heavy (non-hydrogen) atoms. The summed E-state index contributed by atoms with van der Waals surface area (Å²) in [4.78, 5) is 35.3. The molecule has 0 aromatic heterocycles. The van der Waals surface area contributed by atoms with Gasteiger partial charge in [0.25, 0.3) is 11.8 Å². The second kappa shape index (κ2) is 6.84. The van der Waals surface area contributed by atoms with Crippen molar-refractivity contribution in [2.24, 2.45) is 5.92 Å². The van der Waals surface area contributed by atoms with Gasteiger partial charge in [0.1, 0.15) is 0 Å². The topological polar surface area (TPSA) is 107 Å². The molecule has 0 radical (unpaired) electrons. The maximum atomic E-state index is 11.6. The van der Waals surface area contributed by atoms with E-state index in [1.807, 2.05) is 0 Å². The Morgan fingerprint density at radius 2 is 1.78 bits per heavy atom. The molecule has 2 heterocycles. The Kier molecular flexibility index (Phi) is 5.00. The van der Waals surface area contributed by atoms with Crippen molar-refractivity contribution in [1.29, 1.82) is 0 Å². The zero-order valence-corrected chi connectivity index (χ0v) is 13.9. The molecule has 3 rings (SSSR count). The Morgan fingerprint density at radius 1 is 1.17 bits per heavy atom. The molecule has 7 nitrogen and oxygen atoms in total. The molecule has 5 unspecified atom stereocenters. The molecule has 9 heteroatoms. The van der Waals surface area contributed by atoms with Gasteiger partial charge < -0.3 is 10.2 Å². The number of aliphatic hydroxyl groups excluding tert-OH is 1. The molecular weight excluding hydrogens is 340 g/mol. The van der Waals surface area contributed by atoms with E-state index in [2.05, 4.69) is 5.32 Å². The Morgan fingerprint density at radius 3 is 2.35 bits per heavy atom. The van der Waals surface area contributed by atoms with Crippen LogP contribution in [0.25, 0.3) is 0 Å². The van der Waals surface area contributed by atoms with Gasteiger partial charge in [0.05, 0.1) is 5.92 Å². The number of carbonyl (C=O) groups is 3. The van der Waals surface area contributed by atoms with Gasteiger partial charge in [-0.15, -0.1) is 0 Å². The molecule has 0 spiro atoms. The molecule has 2 aliphatic heterocycles. The number of nitrogens with one attached hydrogen (secondary N) is 1. The summed E-state index contributed by atoms with van der Waals surface area (Å²) >= 11 is 0. The Balaban J connectivity index is 1.63. The average Bonchev–Trinajstić information content (AvgIpc) is 2.80. The zero-order valence-electron chi connectivity index (χ0n) is 12.3. The lowest BCUT2D eigenvalue weighted by Crippen LogP contribution is -2.53. The van der Waals surface area contributed by atoms with E-state index in [0.717, 1.165) is 23.5 Å². The van der Waals surface area contributed by atoms with Gasteiger partial charge in [0.15, 0.2) is 6.35 Å². The second-order valence-corrected chi connectivity index (χ2v) is 8.72. The highest BCUT2D eigenvalue weighted by atomic mass is 33.1. The van der Waals surface area contributed by atoms with Crippen molar-refractivity contribution < 1.29 is 24.6 Å². The number of hydrogen-bond donors (Lipinski definition) is 3. The number of amides is 2. The van der Waals surface area contributed by atoms with Gasteiger partial charge in [-0.3, -0.25) is 19.7 Å². The summed E-state index contributed by atoms with van der Waals surface area (Å²) < 4.78 is 0. The maximum absolute atomic E-state index is 11.6. The zero-order chi connectivity index (χ0) is 16.6. The van der Waals surface area contributed by atoms with Crippen molar-refractivity contribution in [3.8, 4) is 0 Å². The van der Waals surface area contributed by atoms with Crippen LogP contribution in [0.4, 0.5) is 0 Å². The minimum atomic E-state index is -1.38. The fourth-order valence-corrected chi connectivity index (χ4v) is 6.12. The smallest absolute Gasteiger partial charge is 0.306 e. The normalized spacial score (nSPS) is 35.3. The second-order valence-electron chi connectivity index (χ2n) is 5.97. The number of carboxylic acids is 1. The number of nitrogens with zero attached hydrogens (tertiary/aromatic N) is 1. The molecule has 1 aliphatic carbocycles. The average molecular weight is 358 g/mol. The standard InChI is InChI=1S/C14H18N2O5S2/c17-11-3-4-12(18)16(11)14(21)15-8-2-1-7(13(19)20)5-9-10(6-8)23-22-9/h3-4,7-10,14-15,21H,1-2,5-6H2,(H,19,20). The van der Waals surface area contributed by atoms with Crippen molar-refractivity contribution in [2.45, 2.75) is 48.6 Å². The largest absolute Gasteiger partial charge is 0.481 e. The molecule has 0 aromatic carbocycles. The van der Waals surface area contributed by atoms with E-state index in [4.69, 9.17) is 0 Å². The fourth-order valence-electron chi connectivity index (χ4n) is 3.11. The summed E-state index contributed by atoms with van der Waals surface area (Å²) in [7, 11) is 3.45. The van der Waals surface area contributed by atoms with Crippen LogP contribution >= 0.6 is 21.6 Å². The maximum Gasteiger partial charge on any atom is 0.306 e. The number of imide groups is 1. The third-order valence-corrected chi connectivity index (χ3v) is 8.07. The first-order valence-corrected chi connectivity index (χ1v) is 9.77. The van der Waals surface area contributed by atoms with Crippen LogP contribution in [0.5, 0.6) is 0 Å². The lowest BCUT2D eigenvalue weighted by molar-refractivity contribution is -0.150. The number of aliphatic hydroxyl groups is 1. The highest BCUT2D eigenvalue weighted by Crippen LogP contribution is 2.53. The van der Waals surface area contributed by atoms with Crippen LogP contribution in [0.2, 0.25) is 0 Å². The van der Waals surface area contributed by atoms with Crippen molar-refractivity contribution in [2.75, 3.05) is 0 Å². The summed E-state index contributed by atoms with van der Waals surface area (Å²) in [5.74, 6) is -2.25. The van der Waals surface area contributed by atoms with E-state index in [1.165, 1.54) is 0 Å². The number of hydrogen-bond acceptors (Lipinski definition) is 7. The summed E-state index contributed by atoms with van der Waals surface area (Å²) in [5, 5.41) is 23.0. The van der Waals surface area contributed by atoms with Crippen molar-refractivity contribution in [3.63, 3.8) is 0 Å². The highest BCUT2D eigenvalue weighted by Gasteiger charge is 2.41. The number of aliphatic carboxylic acids is 1. The lowest BCUT2D eigenvalue weighted by Gasteiger charge is -2.41. The molecule has 1 saturated heterocycles. The van der Waals surface area contributed by atoms with Gasteiger partial charge in [-0.25, -0.2) is 4.90 Å². The summed E-state index contributed by atoms with van der Waals surface area (Å²) in [6.07, 6.45) is 3.45. The summed E-state index contributed by atoms with van der Waals surface area (Å²) in [5.41, 5.74) is 0. The van der Waals surface area contributed by atoms with Crippen LogP contribution < -0.4 is 5.32 Å². The molecule has 0 bridgehead atoms. The first-order valence-electron chi connectivity index (χ1n) is 7.50. The Bertz CT molecular complexity index is 537. The first-order chi connectivity index (χ1) is 11.0. The molecule has 2 fully saturated rings. The first kappa shape index (κ1) is 16.8. The summed E-state index contributed by atoms with van der Waals surface area (Å²) in [6.45, 7) is 0. The van der Waals surface area contributed by atoms with E-state index in [-0.39, 0.29) is 12.0 Å². The molecule has 5 atom stereocenters. The molecular formula is C14H18N2O5S2. The van der Waals surface area contributed by atoms with E-state index >= 15 is 0 Å². The van der Waals surface area contributed by atoms with Crippen LogP contribution in [0.15, 0.2) is 12.2 Å². The van der Waals surface area contributed by atoms with Crippen molar-refractivity contribution >= 4 is 39.4 Å². The molecule has 3 aliphatic rings. The van der Waals surface area contributed by atoms with Crippen LogP contribution in [0.1, 0.15) is 25.7 Å². The Labute approximate surface area is 141 Å². The predicted octanol–water partition coefficient (Wildman–Crippen LogP) is 0.553. The minimum Gasteiger partial charge on any atom is -0.481 e. The van der Waals surface area contributed by atoms with Gasteiger partial charge in [-0.2, -0.15) is 0 Å². The summed E-state index contributed by atoms with van der Waals surface area (Å²) in [6, 6.07) is -0.130. The van der Waals surface area contributed by atoms with E-state index in [9.17, 15) is 24.6 Å². The molecule has 0 aromatic rings. The van der Waals surface area contributed by atoms with Crippen LogP contribution in [-0.4, -0.2) is 55.8 Å². The number of carboxylic acid groups (broad SMARTS) is 1. The SMILES string of the molecule is O=C(O)C1CCC(NC(O)N2C(=O)C=CC2=O)CC2SSC2C1. The van der Waals surface area contributed by atoms with Crippen molar-refractivity contribution in [1.82, 2.24) is 10.2 Å². The van der Waals surface area contributed by atoms with Gasteiger partial charge in [-0.1, -0.05) is 21.6 Å². The lowest BCUT2D eigenvalue weighted by atomic mass is 9.88. The molecule has 3 N–H and O–H groups in total. The van der Waals surface area contributed by atoms with Gasteiger partial charge in [0.2, 0.25) is 0 Å². The van der Waals surface area contributed by atoms with Crippen LogP contribution in [0.3, 0.4) is 0 Å². The Hall–Kier alpha value is -1.03. The van der Waals surface area contributed by atoms with Crippen LogP contribution in [-0.2, 0) is 14.4 Å². The number of carbonyl (C=O) groups excluding carboxylic acids is 2. The number of fused-ring (bicyclic) bond motifs is 1.